The predicted octanol–water partition coefficient (Wildman–Crippen LogP) is 5.73. The summed E-state index contributed by atoms with van der Waals surface area (Å²) in [6.07, 6.45) is 0. The molecule has 0 radical (unpaired) electrons. The fourth-order valence-corrected chi connectivity index (χ4v) is 6.42. The quantitative estimate of drug-likeness (QED) is 0.367. The van der Waals surface area contributed by atoms with Gasteiger partial charge < -0.3 is 0 Å². The second-order valence-corrected chi connectivity index (χ2v) is 11.4. The van der Waals surface area contributed by atoms with E-state index < -0.39 is 16.1 Å². The molecular weight excluding hydrogens is 476 g/mol. The summed E-state index contributed by atoms with van der Waals surface area (Å²) in [5.74, 6) is 0. The van der Waals surface area contributed by atoms with Crippen molar-refractivity contribution in [1.82, 2.24) is 9.29 Å². The van der Waals surface area contributed by atoms with Crippen LogP contribution in [0.25, 0.3) is 10.2 Å². The van der Waals surface area contributed by atoms with E-state index in [1.54, 1.807) is 28.8 Å². The molecule has 0 aliphatic rings. The van der Waals surface area contributed by atoms with Gasteiger partial charge in [0, 0.05) is 11.1 Å². The molecule has 0 saturated heterocycles. The first kappa shape index (κ1) is 23.7. The summed E-state index contributed by atoms with van der Waals surface area (Å²) in [5.41, 5.74) is 5.79. The number of hydrogen-bond acceptors (Lipinski definition) is 4. The van der Waals surface area contributed by atoms with Crippen molar-refractivity contribution in [3.63, 3.8) is 0 Å². The Hall–Kier alpha value is -2.45. The van der Waals surface area contributed by atoms with Gasteiger partial charge in [-0.3, -0.25) is 9.36 Å². The Morgan fingerprint density at radius 1 is 1.00 bits per heavy atom. The molecule has 33 heavy (non-hydrogen) atoms. The Morgan fingerprint density at radius 2 is 1.70 bits per heavy atom. The zero-order valence-electron chi connectivity index (χ0n) is 18.8. The first-order valence-electron chi connectivity index (χ1n) is 10.5. The van der Waals surface area contributed by atoms with E-state index in [0.29, 0.717) is 21.8 Å². The number of benzene rings is 3. The van der Waals surface area contributed by atoms with E-state index in [-0.39, 0.29) is 9.77 Å². The lowest BCUT2D eigenvalue weighted by molar-refractivity contribution is 0.566. The van der Waals surface area contributed by atoms with E-state index in [4.69, 9.17) is 11.6 Å². The normalized spacial score (nSPS) is 12.9. The summed E-state index contributed by atoms with van der Waals surface area (Å²) in [5, 5.41) is 0.586. The highest BCUT2D eigenvalue weighted by Gasteiger charge is 2.21. The first-order valence-corrected chi connectivity index (χ1v) is 13.2. The molecule has 0 aliphatic carbocycles. The van der Waals surface area contributed by atoms with Gasteiger partial charge in [0.05, 0.1) is 21.7 Å². The van der Waals surface area contributed by atoms with Crippen LogP contribution >= 0.6 is 22.9 Å². The number of halogens is 1. The van der Waals surface area contributed by atoms with Crippen molar-refractivity contribution in [2.24, 2.45) is 0 Å². The Labute approximate surface area is 202 Å². The lowest BCUT2D eigenvalue weighted by Crippen LogP contribution is -2.27. The van der Waals surface area contributed by atoms with Crippen molar-refractivity contribution in [3.05, 3.63) is 97.1 Å². The van der Waals surface area contributed by atoms with Gasteiger partial charge in [-0.15, -0.1) is 0 Å². The van der Waals surface area contributed by atoms with Crippen LogP contribution in [-0.2, 0) is 16.6 Å². The molecule has 0 fully saturated rings. The van der Waals surface area contributed by atoms with Gasteiger partial charge in [0.1, 0.15) is 0 Å². The Morgan fingerprint density at radius 3 is 2.42 bits per heavy atom. The first-order chi connectivity index (χ1) is 15.6. The fraction of sp³-hybridized carbons (Fsp3) is 0.240. The summed E-state index contributed by atoms with van der Waals surface area (Å²) in [7, 11) is -3.78. The lowest BCUT2D eigenvalue weighted by Gasteiger charge is -2.18. The van der Waals surface area contributed by atoms with Gasteiger partial charge in [-0.2, -0.15) is 0 Å². The van der Waals surface area contributed by atoms with Crippen LogP contribution in [0.15, 0.2) is 64.3 Å². The zero-order valence-corrected chi connectivity index (χ0v) is 21.2. The number of thiazole rings is 1. The van der Waals surface area contributed by atoms with Crippen LogP contribution in [-0.4, -0.2) is 13.0 Å². The van der Waals surface area contributed by atoms with Crippen LogP contribution in [0.1, 0.15) is 40.8 Å². The molecule has 5 nitrogen and oxygen atoms in total. The molecule has 0 bridgehead atoms. The highest BCUT2D eigenvalue weighted by atomic mass is 35.5. The molecule has 172 valence electrons. The van der Waals surface area contributed by atoms with Gasteiger partial charge in [0.2, 0.25) is 10.0 Å². The van der Waals surface area contributed by atoms with Crippen LogP contribution < -0.4 is 9.60 Å². The Balaban J connectivity index is 1.65. The van der Waals surface area contributed by atoms with Crippen molar-refractivity contribution in [2.75, 3.05) is 0 Å². The largest absolute Gasteiger partial charge is 0.308 e. The average Bonchev–Trinajstić information content (AvgIpc) is 3.06. The summed E-state index contributed by atoms with van der Waals surface area (Å²) in [6, 6.07) is 15.9. The van der Waals surface area contributed by atoms with E-state index in [9.17, 15) is 13.2 Å². The van der Waals surface area contributed by atoms with E-state index in [2.05, 4.69) is 10.8 Å². The molecule has 4 rings (SSSR count). The topological polar surface area (TPSA) is 68.2 Å². The molecular formula is C25H25ClN2O3S2. The molecule has 1 N–H and O–H groups in total. The molecule has 0 unspecified atom stereocenters. The number of hydrogen-bond donors (Lipinski definition) is 1. The van der Waals surface area contributed by atoms with Gasteiger partial charge in [-0.05, 0) is 79.8 Å². The van der Waals surface area contributed by atoms with Crippen LogP contribution in [0.5, 0.6) is 0 Å². The lowest BCUT2D eigenvalue weighted by atomic mass is 9.97. The van der Waals surface area contributed by atoms with E-state index >= 15 is 0 Å². The van der Waals surface area contributed by atoms with Crippen LogP contribution in [0, 0.1) is 20.8 Å². The molecule has 8 heteroatoms. The van der Waals surface area contributed by atoms with Crippen LogP contribution in [0.4, 0.5) is 0 Å². The third kappa shape index (κ3) is 4.77. The molecule has 3 aromatic carbocycles. The number of nitrogens with zero attached hydrogens (tertiary/aromatic N) is 1. The summed E-state index contributed by atoms with van der Waals surface area (Å²) in [6.45, 7) is 8.21. The smallest absolute Gasteiger partial charge is 0.294 e. The molecule has 1 atom stereocenters. The monoisotopic (exact) mass is 500 g/mol. The predicted molar refractivity (Wildman–Crippen MR) is 136 cm³/mol. The molecule has 0 aliphatic heterocycles. The molecule has 1 aromatic heterocycles. The summed E-state index contributed by atoms with van der Waals surface area (Å²) in [4.78, 5) is 12.6. The standard InChI is InChI=1S/C25H25ClN2O3S2/c1-15-11-17(3)21(12-16(15)2)18(4)27-33(30,31)20-9-10-23-24(13-20)32-25(29)28(23)14-19-7-5-6-8-22(19)26/h5-13,18,27H,14H2,1-4H3/t18-/m0/s1. The number of fused-ring (bicyclic) bond motifs is 1. The van der Waals surface area contributed by atoms with Crippen molar-refractivity contribution >= 4 is 43.2 Å². The zero-order chi connectivity index (χ0) is 23.9. The number of aryl methyl sites for hydroxylation is 3. The molecule has 0 spiro atoms. The highest BCUT2D eigenvalue weighted by Crippen LogP contribution is 2.27. The highest BCUT2D eigenvalue weighted by molar-refractivity contribution is 7.89. The summed E-state index contributed by atoms with van der Waals surface area (Å²) < 4.78 is 31.3. The number of rotatable bonds is 6. The van der Waals surface area contributed by atoms with Gasteiger partial charge in [0.15, 0.2) is 0 Å². The minimum atomic E-state index is -3.78. The number of nitrogens with one attached hydrogen (secondary N) is 1. The fourth-order valence-electron chi connectivity index (χ4n) is 3.97. The molecule has 0 amide bonds. The maximum atomic E-state index is 13.1. The van der Waals surface area contributed by atoms with Crippen molar-refractivity contribution < 1.29 is 8.42 Å². The van der Waals surface area contributed by atoms with E-state index in [1.165, 1.54) is 5.56 Å². The second kappa shape index (κ2) is 9.06. The number of sulfonamides is 1. The minimum absolute atomic E-state index is 0.134. The second-order valence-electron chi connectivity index (χ2n) is 8.31. The molecule has 4 aromatic rings. The van der Waals surface area contributed by atoms with Gasteiger partial charge >= 0.3 is 4.87 Å². The average molecular weight is 501 g/mol. The summed E-state index contributed by atoms with van der Waals surface area (Å²) >= 11 is 7.29. The van der Waals surface area contributed by atoms with Crippen LogP contribution in [0.3, 0.4) is 0 Å². The van der Waals surface area contributed by atoms with E-state index in [0.717, 1.165) is 33.6 Å². The van der Waals surface area contributed by atoms with E-state index in [1.807, 2.05) is 52.0 Å². The third-order valence-electron chi connectivity index (χ3n) is 5.92. The third-order valence-corrected chi connectivity index (χ3v) is 8.77. The SMILES string of the molecule is Cc1cc(C)c([C@H](C)NS(=O)(=O)c2ccc3c(c2)sc(=O)n3Cc2ccccc2Cl)cc1C. The molecule has 0 saturated carbocycles. The maximum Gasteiger partial charge on any atom is 0.308 e. The van der Waals surface area contributed by atoms with Crippen molar-refractivity contribution in [1.29, 1.82) is 0 Å². The van der Waals surface area contributed by atoms with Crippen molar-refractivity contribution in [2.45, 2.75) is 45.2 Å². The molecule has 1 heterocycles. The van der Waals surface area contributed by atoms with Crippen LogP contribution in [0.2, 0.25) is 5.02 Å². The van der Waals surface area contributed by atoms with Gasteiger partial charge in [-0.25, -0.2) is 13.1 Å². The maximum absolute atomic E-state index is 13.1. The van der Waals surface area contributed by atoms with Gasteiger partial charge in [0.25, 0.3) is 0 Å². The Kier molecular flexibility index (Phi) is 6.51. The minimum Gasteiger partial charge on any atom is -0.294 e. The van der Waals surface area contributed by atoms with Gasteiger partial charge in [-0.1, -0.05) is 53.3 Å². The Bertz CT molecular complexity index is 1520. The van der Waals surface area contributed by atoms with Crippen molar-refractivity contribution in [3.8, 4) is 0 Å². The number of aromatic nitrogens is 1.